The van der Waals surface area contributed by atoms with Gasteiger partial charge in [0.1, 0.15) is 5.15 Å². The summed E-state index contributed by atoms with van der Waals surface area (Å²) in [6.45, 7) is 0. The predicted octanol–water partition coefficient (Wildman–Crippen LogP) is 1.08. The highest BCUT2D eigenvalue weighted by Gasteiger charge is 2.10. The number of nitrogens with zero attached hydrogens (tertiary/aromatic N) is 3. The second kappa shape index (κ2) is 2.70. The van der Waals surface area contributed by atoms with Crippen molar-refractivity contribution in [2.45, 2.75) is 0 Å². The Labute approximate surface area is 77.6 Å². The highest BCUT2D eigenvalue weighted by molar-refractivity contribution is 6.29. The van der Waals surface area contributed by atoms with Gasteiger partial charge < -0.3 is 5.11 Å². The van der Waals surface area contributed by atoms with Crippen molar-refractivity contribution in [3.8, 4) is 0 Å². The van der Waals surface area contributed by atoms with E-state index >= 15 is 0 Å². The van der Waals surface area contributed by atoms with Gasteiger partial charge in [-0.3, -0.25) is 4.40 Å². The molecule has 2 aromatic rings. The van der Waals surface area contributed by atoms with Crippen LogP contribution in [0.25, 0.3) is 5.65 Å². The number of carbonyl (C=O) groups is 1. The highest BCUT2D eigenvalue weighted by Crippen LogP contribution is 2.09. The molecule has 66 valence electrons. The smallest absolute Gasteiger partial charge is 0.354 e. The van der Waals surface area contributed by atoms with E-state index in [0.29, 0.717) is 5.65 Å². The molecule has 6 heteroatoms. The average Bonchev–Trinajstić information content (AvgIpc) is 2.46. The van der Waals surface area contributed by atoms with Crippen molar-refractivity contribution >= 4 is 23.2 Å². The molecule has 0 aliphatic carbocycles. The molecule has 5 nitrogen and oxygen atoms in total. The first kappa shape index (κ1) is 8.00. The van der Waals surface area contributed by atoms with Gasteiger partial charge in [0.15, 0.2) is 11.3 Å². The number of carboxylic acid groups (broad SMARTS) is 1. The molecular formula is C7H4ClN3O2. The Morgan fingerprint density at radius 3 is 2.92 bits per heavy atom. The lowest BCUT2D eigenvalue weighted by atomic mass is 10.5. The summed E-state index contributed by atoms with van der Waals surface area (Å²) in [7, 11) is 0. The standard InChI is InChI=1S/C7H4ClN3O2/c8-5-3-11-4(7(12)13)1-10-6(11)2-9-5/h1-3H,(H,12,13). The van der Waals surface area contributed by atoms with Crippen LogP contribution in [0.2, 0.25) is 5.15 Å². The van der Waals surface area contributed by atoms with Crippen LogP contribution >= 0.6 is 11.6 Å². The molecule has 2 heterocycles. The van der Waals surface area contributed by atoms with Crippen LogP contribution in [0.5, 0.6) is 0 Å². The van der Waals surface area contributed by atoms with E-state index < -0.39 is 5.97 Å². The minimum atomic E-state index is -1.05. The van der Waals surface area contributed by atoms with Crippen molar-refractivity contribution in [3.63, 3.8) is 0 Å². The molecule has 0 spiro atoms. The molecule has 0 fully saturated rings. The number of hydrogen-bond donors (Lipinski definition) is 1. The SMILES string of the molecule is O=C(O)c1cnc2cnc(Cl)cn12. The number of carboxylic acids is 1. The maximum Gasteiger partial charge on any atom is 0.354 e. The summed E-state index contributed by atoms with van der Waals surface area (Å²) in [6, 6.07) is 0. The number of rotatable bonds is 1. The van der Waals surface area contributed by atoms with E-state index in [1.807, 2.05) is 0 Å². The van der Waals surface area contributed by atoms with Crippen LogP contribution in [0, 0.1) is 0 Å². The van der Waals surface area contributed by atoms with Crippen molar-refractivity contribution in [2.75, 3.05) is 0 Å². The summed E-state index contributed by atoms with van der Waals surface area (Å²) in [5, 5.41) is 8.97. The summed E-state index contributed by atoms with van der Waals surface area (Å²) < 4.78 is 1.37. The first-order valence-corrected chi connectivity index (χ1v) is 3.78. The van der Waals surface area contributed by atoms with Crippen LogP contribution in [-0.2, 0) is 0 Å². The van der Waals surface area contributed by atoms with E-state index in [1.165, 1.54) is 23.0 Å². The molecule has 0 unspecified atom stereocenters. The van der Waals surface area contributed by atoms with Crippen molar-refractivity contribution < 1.29 is 9.90 Å². The zero-order valence-corrected chi connectivity index (χ0v) is 7.06. The molecule has 0 atom stereocenters. The summed E-state index contributed by atoms with van der Waals surface area (Å²) in [4.78, 5) is 18.3. The van der Waals surface area contributed by atoms with Crippen LogP contribution in [0.15, 0.2) is 18.6 Å². The number of hydrogen-bond acceptors (Lipinski definition) is 3. The molecule has 0 bridgehead atoms. The molecule has 1 N–H and O–H groups in total. The Bertz CT molecular complexity index is 480. The Hall–Kier alpha value is -1.62. The monoisotopic (exact) mass is 197 g/mol. The molecule has 0 aromatic carbocycles. The maximum absolute atomic E-state index is 10.7. The van der Waals surface area contributed by atoms with Crippen molar-refractivity contribution in [1.29, 1.82) is 0 Å². The van der Waals surface area contributed by atoms with E-state index in [0.717, 1.165) is 0 Å². The molecular weight excluding hydrogens is 194 g/mol. The van der Waals surface area contributed by atoms with Crippen LogP contribution in [0.4, 0.5) is 0 Å². The van der Waals surface area contributed by atoms with E-state index in [4.69, 9.17) is 16.7 Å². The molecule has 2 rings (SSSR count). The molecule has 0 saturated carbocycles. The van der Waals surface area contributed by atoms with Gasteiger partial charge in [0.25, 0.3) is 0 Å². The molecule has 0 radical (unpaired) electrons. The maximum atomic E-state index is 10.7. The molecule has 0 saturated heterocycles. The third kappa shape index (κ3) is 1.23. The fourth-order valence-electron chi connectivity index (χ4n) is 1.02. The summed E-state index contributed by atoms with van der Waals surface area (Å²) in [6.07, 6.45) is 4.08. The van der Waals surface area contributed by atoms with Gasteiger partial charge in [-0.05, 0) is 0 Å². The van der Waals surface area contributed by atoms with Crippen molar-refractivity contribution in [3.05, 3.63) is 29.4 Å². The van der Waals surface area contributed by atoms with Crippen LogP contribution < -0.4 is 0 Å². The predicted molar refractivity (Wildman–Crippen MR) is 45.0 cm³/mol. The number of halogens is 1. The fourth-order valence-corrected chi connectivity index (χ4v) is 1.17. The minimum absolute atomic E-state index is 0.0688. The van der Waals surface area contributed by atoms with Crippen molar-refractivity contribution in [2.24, 2.45) is 0 Å². The summed E-state index contributed by atoms with van der Waals surface area (Å²) in [5.41, 5.74) is 0.529. The van der Waals surface area contributed by atoms with Gasteiger partial charge in [-0.2, -0.15) is 0 Å². The Morgan fingerprint density at radius 1 is 1.46 bits per heavy atom. The second-order valence-electron chi connectivity index (χ2n) is 2.39. The molecule has 2 aromatic heterocycles. The van der Waals surface area contributed by atoms with Crippen LogP contribution in [0.1, 0.15) is 10.5 Å². The Morgan fingerprint density at radius 2 is 2.23 bits per heavy atom. The highest BCUT2D eigenvalue weighted by atomic mass is 35.5. The van der Waals surface area contributed by atoms with Gasteiger partial charge in [0.2, 0.25) is 0 Å². The molecule has 0 aliphatic rings. The number of aromatic carboxylic acids is 1. The Balaban J connectivity index is 2.79. The van der Waals surface area contributed by atoms with E-state index in [9.17, 15) is 4.79 Å². The Kier molecular flexibility index (Phi) is 1.66. The van der Waals surface area contributed by atoms with Gasteiger partial charge in [-0.15, -0.1) is 0 Å². The second-order valence-corrected chi connectivity index (χ2v) is 2.77. The normalized spacial score (nSPS) is 10.5. The third-order valence-electron chi connectivity index (χ3n) is 1.58. The lowest BCUT2D eigenvalue weighted by Gasteiger charge is -1.95. The van der Waals surface area contributed by atoms with Gasteiger partial charge >= 0.3 is 5.97 Å². The van der Waals surface area contributed by atoms with E-state index in [2.05, 4.69) is 9.97 Å². The van der Waals surface area contributed by atoms with Gasteiger partial charge in [-0.1, -0.05) is 11.6 Å². The number of fused-ring (bicyclic) bond motifs is 1. The van der Waals surface area contributed by atoms with E-state index in [1.54, 1.807) is 0 Å². The largest absolute Gasteiger partial charge is 0.477 e. The lowest BCUT2D eigenvalue weighted by molar-refractivity contribution is 0.0689. The summed E-state index contributed by atoms with van der Waals surface area (Å²) in [5.74, 6) is -1.05. The summed E-state index contributed by atoms with van der Waals surface area (Å²) >= 11 is 5.60. The first-order valence-electron chi connectivity index (χ1n) is 3.40. The zero-order chi connectivity index (χ0) is 9.42. The van der Waals surface area contributed by atoms with Gasteiger partial charge in [0, 0.05) is 6.20 Å². The molecule has 0 amide bonds. The third-order valence-corrected chi connectivity index (χ3v) is 1.78. The topological polar surface area (TPSA) is 67.5 Å². The minimum Gasteiger partial charge on any atom is -0.477 e. The fraction of sp³-hybridized carbons (Fsp3) is 0. The number of imidazole rings is 1. The van der Waals surface area contributed by atoms with Crippen molar-refractivity contribution in [1.82, 2.24) is 14.4 Å². The average molecular weight is 198 g/mol. The first-order chi connectivity index (χ1) is 6.18. The van der Waals surface area contributed by atoms with Gasteiger partial charge in [0.05, 0.1) is 12.4 Å². The zero-order valence-electron chi connectivity index (χ0n) is 6.31. The van der Waals surface area contributed by atoms with E-state index in [-0.39, 0.29) is 10.8 Å². The molecule has 0 aliphatic heterocycles. The molecule has 13 heavy (non-hydrogen) atoms. The van der Waals surface area contributed by atoms with Crippen LogP contribution in [-0.4, -0.2) is 25.4 Å². The lowest BCUT2D eigenvalue weighted by Crippen LogP contribution is -2.01. The van der Waals surface area contributed by atoms with Gasteiger partial charge in [-0.25, -0.2) is 14.8 Å². The quantitative estimate of drug-likeness (QED) is 0.743. The number of aromatic nitrogens is 3. The van der Waals surface area contributed by atoms with Crippen LogP contribution in [0.3, 0.4) is 0 Å².